The van der Waals surface area contributed by atoms with Crippen LogP contribution in [0, 0.1) is 0 Å². The quantitative estimate of drug-likeness (QED) is 0.778. The number of hydrogen-bond donors (Lipinski definition) is 1. The van der Waals surface area contributed by atoms with Crippen LogP contribution in [0.15, 0.2) is 30.4 Å². The standard InChI is InChI=1S/C14H20N2/c1-4-11(2)10-15-13-5-6-14-12(9-13)7-8-16(14)3/h5-6,9,15H,2,4,7-8,10H2,1,3H3. The highest BCUT2D eigenvalue weighted by atomic mass is 15.1. The summed E-state index contributed by atoms with van der Waals surface area (Å²) in [6.45, 7) is 8.16. The van der Waals surface area contributed by atoms with Gasteiger partial charge < -0.3 is 10.2 Å². The second-order valence-electron chi connectivity index (χ2n) is 4.47. The summed E-state index contributed by atoms with van der Waals surface area (Å²) in [5.74, 6) is 0. The molecular formula is C14H20N2. The Morgan fingerprint density at radius 1 is 1.50 bits per heavy atom. The number of anilines is 2. The average Bonchev–Trinajstić information content (AvgIpc) is 2.67. The summed E-state index contributed by atoms with van der Waals surface area (Å²) >= 11 is 0. The smallest absolute Gasteiger partial charge is 0.0398 e. The van der Waals surface area contributed by atoms with Crippen molar-refractivity contribution in [2.45, 2.75) is 19.8 Å². The molecule has 0 aliphatic carbocycles. The van der Waals surface area contributed by atoms with Crippen LogP contribution in [0.4, 0.5) is 11.4 Å². The highest BCUT2D eigenvalue weighted by Crippen LogP contribution is 2.29. The van der Waals surface area contributed by atoms with E-state index in [1.165, 1.54) is 22.5 Å². The molecule has 2 heteroatoms. The van der Waals surface area contributed by atoms with Gasteiger partial charge in [-0.2, -0.15) is 0 Å². The van der Waals surface area contributed by atoms with Gasteiger partial charge in [0, 0.05) is 31.5 Å². The van der Waals surface area contributed by atoms with Crippen LogP contribution in [0.25, 0.3) is 0 Å². The zero-order valence-corrected chi connectivity index (χ0v) is 10.2. The Morgan fingerprint density at radius 3 is 3.06 bits per heavy atom. The van der Waals surface area contributed by atoms with Crippen molar-refractivity contribution < 1.29 is 0 Å². The summed E-state index contributed by atoms with van der Waals surface area (Å²) in [6.07, 6.45) is 2.21. The highest BCUT2D eigenvalue weighted by Gasteiger charge is 2.15. The molecule has 2 nitrogen and oxygen atoms in total. The van der Waals surface area contributed by atoms with Gasteiger partial charge in [0.05, 0.1) is 0 Å². The van der Waals surface area contributed by atoms with Gasteiger partial charge in [-0.05, 0) is 36.6 Å². The van der Waals surface area contributed by atoms with Crippen LogP contribution in [-0.4, -0.2) is 20.1 Å². The summed E-state index contributed by atoms with van der Waals surface area (Å²) in [5.41, 5.74) is 5.29. The van der Waals surface area contributed by atoms with Gasteiger partial charge in [0.25, 0.3) is 0 Å². The first-order chi connectivity index (χ1) is 7.70. The molecule has 0 fully saturated rings. The van der Waals surface area contributed by atoms with Gasteiger partial charge in [0.2, 0.25) is 0 Å². The first kappa shape index (κ1) is 11.1. The molecule has 86 valence electrons. The third-order valence-electron chi connectivity index (χ3n) is 3.25. The molecule has 1 heterocycles. The van der Waals surface area contributed by atoms with Crippen molar-refractivity contribution in [2.75, 3.05) is 30.4 Å². The van der Waals surface area contributed by atoms with Crippen LogP contribution in [0.1, 0.15) is 18.9 Å². The minimum Gasteiger partial charge on any atom is -0.381 e. The van der Waals surface area contributed by atoms with E-state index < -0.39 is 0 Å². The molecule has 1 N–H and O–H groups in total. The molecule has 0 radical (unpaired) electrons. The predicted octanol–water partition coefficient (Wildman–Crippen LogP) is 3.06. The number of hydrogen-bond acceptors (Lipinski definition) is 2. The maximum Gasteiger partial charge on any atom is 0.0398 e. The van der Waals surface area contributed by atoms with Crippen molar-refractivity contribution in [2.24, 2.45) is 0 Å². The van der Waals surface area contributed by atoms with Gasteiger partial charge in [-0.1, -0.05) is 19.1 Å². The Bertz CT molecular complexity index is 396. The molecule has 0 saturated heterocycles. The van der Waals surface area contributed by atoms with Crippen molar-refractivity contribution in [1.82, 2.24) is 0 Å². The van der Waals surface area contributed by atoms with Crippen LogP contribution in [0.3, 0.4) is 0 Å². The van der Waals surface area contributed by atoms with Crippen molar-refractivity contribution in [3.05, 3.63) is 35.9 Å². The van der Waals surface area contributed by atoms with E-state index >= 15 is 0 Å². The number of nitrogens with one attached hydrogen (secondary N) is 1. The minimum atomic E-state index is 0.880. The third-order valence-corrected chi connectivity index (χ3v) is 3.25. The molecule has 1 aromatic carbocycles. The fraction of sp³-hybridized carbons (Fsp3) is 0.429. The number of benzene rings is 1. The van der Waals surface area contributed by atoms with Gasteiger partial charge in [-0.15, -0.1) is 0 Å². The zero-order chi connectivity index (χ0) is 11.5. The summed E-state index contributed by atoms with van der Waals surface area (Å²) in [6, 6.07) is 6.63. The fourth-order valence-corrected chi connectivity index (χ4v) is 2.03. The van der Waals surface area contributed by atoms with E-state index in [4.69, 9.17) is 0 Å². The first-order valence-corrected chi connectivity index (χ1v) is 5.95. The van der Waals surface area contributed by atoms with Gasteiger partial charge in [-0.3, -0.25) is 0 Å². The molecule has 0 aromatic heterocycles. The Kier molecular flexibility index (Phi) is 3.18. The molecule has 1 aromatic rings. The molecule has 1 aliphatic rings. The highest BCUT2D eigenvalue weighted by molar-refractivity contribution is 5.63. The Labute approximate surface area is 98.0 Å². The molecule has 0 saturated carbocycles. The molecule has 0 atom stereocenters. The number of likely N-dealkylation sites (N-methyl/N-ethyl adjacent to an activating group) is 1. The monoisotopic (exact) mass is 216 g/mol. The molecule has 0 bridgehead atoms. The van der Waals surface area contributed by atoms with Crippen LogP contribution >= 0.6 is 0 Å². The SMILES string of the molecule is C=C(CC)CNc1ccc2c(c1)CCN2C. The number of nitrogens with zero attached hydrogens (tertiary/aromatic N) is 1. The van der Waals surface area contributed by atoms with E-state index in [9.17, 15) is 0 Å². The van der Waals surface area contributed by atoms with Crippen LogP contribution in [0.5, 0.6) is 0 Å². The fourth-order valence-electron chi connectivity index (χ4n) is 2.03. The van der Waals surface area contributed by atoms with Crippen LogP contribution in [-0.2, 0) is 6.42 Å². The average molecular weight is 216 g/mol. The largest absolute Gasteiger partial charge is 0.381 e. The molecule has 1 aliphatic heterocycles. The summed E-state index contributed by atoms with van der Waals surface area (Å²) in [4.78, 5) is 2.31. The van der Waals surface area contributed by atoms with Gasteiger partial charge in [-0.25, -0.2) is 0 Å². The third kappa shape index (κ3) is 2.21. The molecule has 0 amide bonds. The topological polar surface area (TPSA) is 15.3 Å². The lowest BCUT2D eigenvalue weighted by Crippen LogP contribution is -2.12. The second kappa shape index (κ2) is 4.60. The summed E-state index contributed by atoms with van der Waals surface area (Å²) in [7, 11) is 2.15. The normalized spacial score (nSPS) is 13.8. The molecular weight excluding hydrogens is 196 g/mol. The van der Waals surface area contributed by atoms with Crippen molar-refractivity contribution in [1.29, 1.82) is 0 Å². The minimum absolute atomic E-state index is 0.880. The Morgan fingerprint density at radius 2 is 2.31 bits per heavy atom. The Balaban J connectivity index is 2.05. The van der Waals surface area contributed by atoms with Crippen LogP contribution < -0.4 is 10.2 Å². The van der Waals surface area contributed by atoms with E-state index in [1.54, 1.807) is 0 Å². The lowest BCUT2D eigenvalue weighted by molar-refractivity contribution is 0.956. The van der Waals surface area contributed by atoms with E-state index in [-0.39, 0.29) is 0 Å². The lowest BCUT2D eigenvalue weighted by Gasteiger charge is -2.13. The van der Waals surface area contributed by atoms with E-state index in [0.29, 0.717) is 0 Å². The zero-order valence-electron chi connectivity index (χ0n) is 10.2. The van der Waals surface area contributed by atoms with Crippen molar-refractivity contribution >= 4 is 11.4 Å². The summed E-state index contributed by atoms with van der Waals surface area (Å²) in [5, 5.41) is 3.42. The van der Waals surface area contributed by atoms with Gasteiger partial charge in [0.1, 0.15) is 0 Å². The molecule has 16 heavy (non-hydrogen) atoms. The predicted molar refractivity (Wildman–Crippen MR) is 71.3 cm³/mol. The van der Waals surface area contributed by atoms with E-state index in [0.717, 1.165) is 25.9 Å². The van der Waals surface area contributed by atoms with Gasteiger partial charge in [0.15, 0.2) is 0 Å². The van der Waals surface area contributed by atoms with E-state index in [2.05, 4.69) is 49.0 Å². The maximum atomic E-state index is 4.00. The maximum absolute atomic E-state index is 4.00. The summed E-state index contributed by atoms with van der Waals surface area (Å²) < 4.78 is 0. The van der Waals surface area contributed by atoms with Crippen LogP contribution in [0.2, 0.25) is 0 Å². The van der Waals surface area contributed by atoms with E-state index in [1.807, 2.05) is 0 Å². The molecule has 0 unspecified atom stereocenters. The Hall–Kier alpha value is -1.44. The lowest BCUT2D eigenvalue weighted by atomic mass is 10.1. The van der Waals surface area contributed by atoms with Crippen molar-refractivity contribution in [3.8, 4) is 0 Å². The first-order valence-electron chi connectivity index (χ1n) is 5.95. The van der Waals surface area contributed by atoms with Gasteiger partial charge >= 0.3 is 0 Å². The second-order valence-corrected chi connectivity index (χ2v) is 4.47. The number of fused-ring (bicyclic) bond motifs is 1. The number of rotatable bonds is 4. The molecule has 0 spiro atoms. The van der Waals surface area contributed by atoms with Crippen molar-refractivity contribution in [3.63, 3.8) is 0 Å². The molecule has 2 rings (SSSR count).